The number of hydrogen-bond donors (Lipinski definition) is 1. The summed E-state index contributed by atoms with van der Waals surface area (Å²) in [6.45, 7) is 5.50. The maximum absolute atomic E-state index is 5.45. The van der Waals surface area contributed by atoms with Gasteiger partial charge in [0, 0.05) is 26.2 Å². The summed E-state index contributed by atoms with van der Waals surface area (Å²) in [5.41, 5.74) is 0. The Kier molecular flexibility index (Phi) is 7.76. The molecule has 0 amide bonds. The number of methoxy groups -OCH3 is 1. The number of hydrogen-bond acceptors (Lipinski definition) is 4. The van der Waals surface area contributed by atoms with Gasteiger partial charge in [0.1, 0.15) is 0 Å². The molecule has 0 radical (unpaired) electrons. The lowest BCUT2D eigenvalue weighted by molar-refractivity contribution is 0.0591. The van der Waals surface area contributed by atoms with Crippen LogP contribution in [0.5, 0.6) is 0 Å². The molecule has 1 aliphatic heterocycles. The molecule has 1 unspecified atom stereocenters. The molecule has 0 saturated carbocycles. The van der Waals surface area contributed by atoms with E-state index in [0.717, 1.165) is 19.7 Å². The molecule has 1 fully saturated rings. The summed E-state index contributed by atoms with van der Waals surface area (Å²) in [5, 5.41) is 3.56. The number of rotatable bonds is 8. The number of nitrogens with zero attached hydrogens (tertiary/aromatic N) is 1. The SMILES string of the molecule is COCCOCCN(C)CC1CCCCN1. The fraction of sp³-hybridized carbons (Fsp3) is 1.00. The molecule has 0 aromatic rings. The zero-order chi connectivity index (χ0) is 11.6. The average Bonchev–Trinajstić information content (AvgIpc) is 2.30. The Bertz CT molecular complexity index is 161. The second-order valence-corrected chi connectivity index (χ2v) is 4.51. The van der Waals surface area contributed by atoms with Crippen LogP contribution in [0.1, 0.15) is 19.3 Å². The van der Waals surface area contributed by atoms with E-state index >= 15 is 0 Å². The quantitative estimate of drug-likeness (QED) is 0.623. The Morgan fingerprint density at radius 2 is 2.12 bits per heavy atom. The Balaban J connectivity index is 1.95. The van der Waals surface area contributed by atoms with Crippen LogP contribution in [0.4, 0.5) is 0 Å². The maximum Gasteiger partial charge on any atom is 0.0700 e. The summed E-state index contributed by atoms with van der Waals surface area (Å²) in [7, 11) is 3.86. The monoisotopic (exact) mass is 230 g/mol. The molecule has 1 saturated heterocycles. The van der Waals surface area contributed by atoms with Crippen molar-refractivity contribution in [2.75, 3.05) is 53.6 Å². The van der Waals surface area contributed by atoms with Crippen LogP contribution >= 0.6 is 0 Å². The van der Waals surface area contributed by atoms with Crippen molar-refractivity contribution in [2.24, 2.45) is 0 Å². The standard InChI is InChI=1S/C12H26N2O2/c1-14(7-8-16-10-9-15-2)11-12-5-3-4-6-13-12/h12-13H,3-11H2,1-2H3. The van der Waals surface area contributed by atoms with Crippen molar-refractivity contribution in [1.82, 2.24) is 10.2 Å². The van der Waals surface area contributed by atoms with Gasteiger partial charge in [-0.2, -0.15) is 0 Å². The molecule has 0 aromatic carbocycles. The first kappa shape index (κ1) is 13.9. The van der Waals surface area contributed by atoms with Crippen molar-refractivity contribution in [3.8, 4) is 0 Å². The van der Waals surface area contributed by atoms with Gasteiger partial charge in [0.25, 0.3) is 0 Å². The van der Waals surface area contributed by atoms with Gasteiger partial charge in [0.2, 0.25) is 0 Å². The highest BCUT2D eigenvalue weighted by Gasteiger charge is 2.13. The molecule has 0 spiro atoms. The summed E-state index contributed by atoms with van der Waals surface area (Å²) >= 11 is 0. The molecule has 1 N–H and O–H groups in total. The minimum atomic E-state index is 0.678. The number of likely N-dealkylation sites (N-methyl/N-ethyl adjacent to an activating group) is 1. The smallest absolute Gasteiger partial charge is 0.0700 e. The van der Waals surface area contributed by atoms with Gasteiger partial charge in [0.15, 0.2) is 0 Å². The Morgan fingerprint density at radius 3 is 2.81 bits per heavy atom. The lowest BCUT2D eigenvalue weighted by atomic mass is 10.0. The topological polar surface area (TPSA) is 33.7 Å². The van der Waals surface area contributed by atoms with E-state index < -0.39 is 0 Å². The molecule has 0 bridgehead atoms. The molecule has 4 heteroatoms. The van der Waals surface area contributed by atoms with Gasteiger partial charge in [-0.05, 0) is 26.4 Å². The van der Waals surface area contributed by atoms with Crippen molar-refractivity contribution in [2.45, 2.75) is 25.3 Å². The van der Waals surface area contributed by atoms with Crippen LogP contribution in [-0.4, -0.2) is 64.6 Å². The third-order valence-electron chi connectivity index (χ3n) is 2.99. The average molecular weight is 230 g/mol. The lowest BCUT2D eigenvalue weighted by Crippen LogP contribution is -2.43. The molecule has 1 aliphatic rings. The number of nitrogens with one attached hydrogen (secondary N) is 1. The maximum atomic E-state index is 5.45. The van der Waals surface area contributed by atoms with Gasteiger partial charge in [-0.15, -0.1) is 0 Å². The van der Waals surface area contributed by atoms with E-state index in [9.17, 15) is 0 Å². The first-order chi connectivity index (χ1) is 7.83. The van der Waals surface area contributed by atoms with Gasteiger partial charge in [0.05, 0.1) is 19.8 Å². The second-order valence-electron chi connectivity index (χ2n) is 4.51. The molecular formula is C12H26N2O2. The summed E-state index contributed by atoms with van der Waals surface area (Å²) in [4.78, 5) is 2.34. The molecule has 1 rings (SSSR count). The van der Waals surface area contributed by atoms with E-state index in [0.29, 0.717) is 19.3 Å². The molecule has 0 aromatic heterocycles. The van der Waals surface area contributed by atoms with Crippen LogP contribution in [0.2, 0.25) is 0 Å². The van der Waals surface area contributed by atoms with Crippen LogP contribution in [0.25, 0.3) is 0 Å². The van der Waals surface area contributed by atoms with Crippen LogP contribution in [0, 0.1) is 0 Å². The van der Waals surface area contributed by atoms with Crippen molar-refractivity contribution < 1.29 is 9.47 Å². The molecular weight excluding hydrogens is 204 g/mol. The molecule has 16 heavy (non-hydrogen) atoms. The van der Waals surface area contributed by atoms with Crippen LogP contribution < -0.4 is 5.32 Å². The highest BCUT2D eigenvalue weighted by atomic mass is 16.5. The zero-order valence-electron chi connectivity index (χ0n) is 10.7. The number of piperidine rings is 1. The largest absolute Gasteiger partial charge is 0.382 e. The molecule has 4 nitrogen and oxygen atoms in total. The van der Waals surface area contributed by atoms with Crippen molar-refractivity contribution in [1.29, 1.82) is 0 Å². The summed E-state index contributed by atoms with van der Waals surface area (Å²) in [6.07, 6.45) is 4.02. The third kappa shape index (κ3) is 6.43. The van der Waals surface area contributed by atoms with Gasteiger partial charge in [-0.3, -0.25) is 0 Å². The summed E-state index contributed by atoms with van der Waals surface area (Å²) < 4.78 is 10.4. The minimum absolute atomic E-state index is 0.678. The van der Waals surface area contributed by atoms with E-state index in [-0.39, 0.29) is 0 Å². The predicted molar refractivity (Wildman–Crippen MR) is 65.8 cm³/mol. The van der Waals surface area contributed by atoms with Crippen LogP contribution in [0.15, 0.2) is 0 Å². The van der Waals surface area contributed by atoms with Gasteiger partial charge in [-0.25, -0.2) is 0 Å². The first-order valence-electron chi connectivity index (χ1n) is 6.31. The lowest BCUT2D eigenvalue weighted by Gasteiger charge is -2.28. The van der Waals surface area contributed by atoms with E-state index in [2.05, 4.69) is 17.3 Å². The Labute approximate surface area is 99.3 Å². The second kappa shape index (κ2) is 8.93. The summed E-state index contributed by atoms with van der Waals surface area (Å²) in [6, 6.07) is 0.678. The van der Waals surface area contributed by atoms with Crippen LogP contribution in [0.3, 0.4) is 0 Å². The van der Waals surface area contributed by atoms with Crippen molar-refractivity contribution in [3.63, 3.8) is 0 Å². The van der Waals surface area contributed by atoms with E-state index in [1.807, 2.05) is 0 Å². The van der Waals surface area contributed by atoms with Crippen molar-refractivity contribution in [3.05, 3.63) is 0 Å². The fourth-order valence-corrected chi connectivity index (χ4v) is 2.01. The van der Waals surface area contributed by atoms with Crippen molar-refractivity contribution >= 4 is 0 Å². The first-order valence-corrected chi connectivity index (χ1v) is 6.31. The van der Waals surface area contributed by atoms with E-state index in [1.54, 1.807) is 7.11 Å². The normalized spacial score (nSPS) is 21.6. The summed E-state index contributed by atoms with van der Waals surface area (Å²) in [5.74, 6) is 0. The van der Waals surface area contributed by atoms with Gasteiger partial charge >= 0.3 is 0 Å². The van der Waals surface area contributed by atoms with Gasteiger partial charge < -0.3 is 19.7 Å². The number of ether oxygens (including phenoxy) is 2. The van der Waals surface area contributed by atoms with Crippen LogP contribution in [-0.2, 0) is 9.47 Å². The van der Waals surface area contributed by atoms with Gasteiger partial charge in [-0.1, -0.05) is 6.42 Å². The molecule has 96 valence electrons. The van der Waals surface area contributed by atoms with E-state index in [1.165, 1.54) is 25.8 Å². The minimum Gasteiger partial charge on any atom is -0.382 e. The Hall–Kier alpha value is -0.160. The molecule has 1 atom stereocenters. The fourth-order valence-electron chi connectivity index (χ4n) is 2.01. The molecule has 0 aliphatic carbocycles. The van der Waals surface area contributed by atoms with E-state index in [4.69, 9.17) is 9.47 Å². The Morgan fingerprint density at radius 1 is 1.25 bits per heavy atom. The third-order valence-corrected chi connectivity index (χ3v) is 2.99. The molecule has 1 heterocycles. The predicted octanol–water partition coefficient (Wildman–Crippen LogP) is 0.723. The highest BCUT2D eigenvalue weighted by molar-refractivity contribution is 4.74. The zero-order valence-corrected chi connectivity index (χ0v) is 10.7. The highest BCUT2D eigenvalue weighted by Crippen LogP contribution is 2.07.